The summed E-state index contributed by atoms with van der Waals surface area (Å²) in [5, 5.41) is 1.13. The van der Waals surface area contributed by atoms with E-state index in [0.717, 1.165) is 5.41 Å². The highest BCUT2D eigenvalue weighted by Crippen LogP contribution is 2.22. The Labute approximate surface area is 55.5 Å². The van der Waals surface area contributed by atoms with E-state index in [1.807, 2.05) is 0 Å². The molecule has 1 heterocycles. The van der Waals surface area contributed by atoms with Gasteiger partial charge in [-0.1, -0.05) is 11.6 Å². The molecule has 1 aliphatic rings. The van der Waals surface area contributed by atoms with Crippen molar-refractivity contribution in [2.24, 2.45) is 0 Å². The van der Waals surface area contributed by atoms with Crippen LogP contribution in [0.4, 0.5) is 0 Å². The highest BCUT2D eigenvalue weighted by Gasteiger charge is 2.16. The van der Waals surface area contributed by atoms with Gasteiger partial charge in [0.2, 0.25) is 8.87 Å². The van der Waals surface area contributed by atoms with Crippen LogP contribution in [0.25, 0.3) is 0 Å². The van der Waals surface area contributed by atoms with E-state index in [2.05, 4.69) is 4.72 Å². The second-order valence-electron chi connectivity index (χ2n) is 1.14. The maximum atomic E-state index is 10.4. The first-order valence-corrected chi connectivity index (χ1v) is 4.93. The smallest absolute Gasteiger partial charge is 0.245 e. The summed E-state index contributed by atoms with van der Waals surface area (Å²) in [7, 11) is -2.48. The van der Waals surface area contributed by atoms with Gasteiger partial charge in [0.25, 0.3) is 0 Å². The van der Waals surface area contributed by atoms with Crippen molar-refractivity contribution in [3.63, 3.8) is 0 Å². The van der Waals surface area contributed by atoms with Crippen molar-refractivity contribution in [2.45, 2.75) is 0 Å². The molecule has 0 aliphatic carbocycles. The van der Waals surface area contributed by atoms with Crippen LogP contribution < -0.4 is 4.72 Å². The molecule has 3 nitrogen and oxygen atoms in total. The van der Waals surface area contributed by atoms with Crippen LogP contribution in [0.2, 0.25) is 0 Å². The van der Waals surface area contributed by atoms with Crippen molar-refractivity contribution >= 4 is 31.5 Å². The summed E-state index contributed by atoms with van der Waals surface area (Å²) in [6, 6.07) is 0. The summed E-state index contributed by atoms with van der Waals surface area (Å²) >= 11 is 5.25. The highest BCUT2D eigenvalue weighted by molar-refractivity contribution is 8.72. The van der Waals surface area contributed by atoms with Crippen molar-refractivity contribution in [1.29, 1.82) is 0 Å². The highest BCUT2D eigenvalue weighted by atomic mass is 35.5. The zero-order valence-corrected chi connectivity index (χ0v) is 5.98. The minimum Gasteiger partial charge on any atom is -0.306 e. The standard InChI is InChI=1S/C2H2ClNO2S2/c3-2-1-8(5,6)7-4-2/h1,4H. The summed E-state index contributed by atoms with van der Waals surface area (Å²) < 4.78 is 23.1. The van der Waals surface area contributed by atoms with E-state index in [4.69, 9.17) is 11.6 Å². The Morgan fingerprint density at radius 1 is 1.75 bits per heavy atom. The molecule has 0 saturated carbocycles. The molecule has 0 aromatic heterocycles. The van der Waals surface area contributed by atoms with E-state index in [1.54, 1.807) is 0 Å². The molecule has 0 bridgehead atoms. The first-order valence-electron chi connectivity index (χ1n) is 1.67. The zero-order valence-electron chi connectivity index (χ0n) is 3.59. The van der Waals surface area contributed by atoms with E-state index < -0.39 is 8.87 Å². The van der Waals surface area contributed by atoms with Crippen LogP contribution in [0.5, 0.6) is 0 Å². The molecule has 0 saturated heterocycles. The Morgan fingerprint density at radius 3 is 2.50 bits per heavy atom. The van der Waals surface area contributed by atoms with Gasteiger partial charge >= 0.3 is 0 Å². The van der Waals surface area contributed by atoms with Gasteiger partial charge < -0.3 is 4.72 Å². The predicted octanol–water partition coefficient (Wildman–Crippen LogP) is 0.605. The second kappa shape index (κ2) is 1.82. The maximum absolute atomic E-state index is 10.4. The maximum Gasteiger partial charge on any atom is 0.245 e. The van der Waals surface area contributed by atoms with Crippen molar-refractivity contribution in [1.82, 2.24) is 4.72 Å². The van der Waals surface area contributed by atoms with Crippen LogP contribution in [0.3, 0.4) is 0 Å². The van der Waals surface area contributed by atoms with Crippen molar-refractivity contribution in [3.05, 3.63) is 10.6 Å². The fourth-order valence-corrected chi connectivity index (χ4v) is 2.78. The Bertz CT molecular complexity index is 218. The largest absolute Gasteiger partial charge is 0.306 e. The molecule has 1 N–H and O–H groups in total. The zero-order chi connectivity index (χ0) is 6.20. The van der Waals surface area contributed by atoms with Crippen molar-refractivity contribution in [2.75, 3.05) is 0 Å². The molecule has 0 aromatic rings. The Hall–Kier alpha value is 0.130. The molecule has 0 aromatic carbocycles. The predicted molar refractivity (Wildman–Crippen MR) is 33.6 cm³/mol. The summed E-state index contributed by atoms with van der Waals surface area (Å²) in [6.07, 6.45) is 0. The molecule has 0 unspecified atom stereocenters. The molecule has 0 amide bonds. The lowest BCUT2D eigenvalue weighted by molar-refractivity contribution is 0.618. The fraction of sp³-hybridized carbons (Fsp3) is 0. The molecule has 1 aliphatic heterocycles. The molecule has 0 atom stereocenters. The number of rotatable bonds is 0. The van der Waals surface area contributed by atoms with Gasteiger partial charge in [0.05, 0.1) is 16.4 Å². The fourth-order valence-electron chi connectivity index (χ4n) is 0.273. The number of nitrogens with one attached hydrogen (secondary N) is 1. The lowest BCUT2D eigenvalue weighted by Crippen LogP contribution is -1.89. The third-order valence-electron chi connectivity index (χ3n) is 0.503. The van der Waals surface area contributed by atoms with E-state index in [9.17, 15) is 8.42 Å². The molecule has 0 radical (unpaired) electrons. The molecule has 1 rings (SSSR count). The van der Waals surface area contributed by atoms with Gasteiger partial charge in [-0.3, -0.25) is 0 Å². The topological polar surface area (TPSA) is 46.2 Å². The number of halogens is 1. The molecule has 0 fully saturated rings. The number of hydrogen-bond donors (Lipinski definition) is 1. The molecular formula is C2H2ClNO2S2. The third-order valence-corrected chi connectivity index (χ3v) is 3.24. The average Bonchev–Trinajstić information content (AvgIpc) is 1.82. The van der Waals surface area contributed by atoms with Crippen molar-refractivity contribution < 1.29 is 8.42 Å². The lowest BCUT2D eigenvalue weighted by atomic mass is 11.1. The Morgan fingerprint density at radius 2 is 2.38 bits per heavy atom. The summed E-state index contributed by atoms with van der Waals surface area (Å²) in [5.74, 6) is 0. The quantitative estimate of drug-likeness (QED) is 0.330. The van der Waals surface area contributed by atoms with E-state index in [0.29, 0.717) is 11.0 Å². The van der Waals surface area contributed by atoms with E-state index in [1.165, 1.54) is 0 Å². The summed E-state index contributed by atoms with van der Waals surface area (Å²) in [6.45, 7) is 0. The van der Waals surface area contributed by atoms with Crippen LogP contribution >= 0.6 is 22.6 Å². The van der Waals surface area contributed by atoms with Crippen LogP contribution in [0.1, 0.15) is 0 Å². The second-order valence-corrected chi connectivity index (χ2v) is 5.04. The van der Waals surface area contributed by atoms with Gasteiger partial charge in [0, 0.05) is 0 Å². The summed E-state index contributed by atoms with van der Waals surface area (Å²) in [4.78, 5) is 0. The monoisotopic (exact) mass is 171 g/mol. The van der Waals surface area contributed by atoms with Crippen LogP contribution in [0.15, 0.2) is 10.6 Å². The van der Waals surface area contributed by atoms with Gasteiger partial charge in [-0.05, 0) is 0 Å². The normalized spacial score (nSPS) is 24.4. The molecular weight excluding hydrogens is 170 g/mol. The van der Waals surface area contributed by atoms with Crippen LogP contribution in [-0.2, 0) is 8.87 Å². The average molecular weight is 172 g/mol. The minimum absolute atomic E-state index is 0.162. The minimum atomic E-state index is -3.08. The first kappa shape index (κ1) is 6.25. The first-order chi connectivity index (χ1) is 3.60. The molecule has 8 heavy (non-hydrogen) atoms. The third kappa shape index (κ3) is 1.30. The van der Waals surface area contributed by atoms with Crippen LogP contribution in [-0.4, -0.2) is 8.42 Å². The van der Waals surface area contributed by atoms with Crippen LogP contribution in [0, 0.1) is 0 Å². The lowest BCUT2D eigenvalue weighted by Gasteiger charge is -1.83. The van der Waals surface area contributed by atoms with E-state index in [-0.39, 0.29) is 5.16 Å². The SMILES string of the molecule is O=S1(=O)C=C(Cl)NS1. The molecule has 46 valence electrons. The van der Waals surface area contributed by atoms with Gasteiger partial charge in [0.1, 0.15) is 5.16 Å². The van der Waals surface area contributed by atoms with Crippen molar-refractivity contribution in [3.8, 4) is 0 Å². The molecule has 6 heteroatoms. The Balaban J connectivity index is 3.00. The Kier molecular flexibility index (Phi) is 1.42. The van der Waals surface area contributed by atoms with Gasteiger partial charge in [-0.25, -0.2) is 8.42 Å². The van der Waals surface area contributed by atoms with Gasteiger partial charge in [-0.2, -0.15) is 0 Å². The van der Waals surface area contributed by atoms with Gasteiger partial charge in [-0.15, -0.1) is 0 Å². The van der Waals surface area contributed by atoms with Gasteiger partial charge in [0.15, 0.2) is 0 Å². The molecule has 0 spiro atoms. The number of hydrogen-bond acceptors (Lipinski definition) is 4. The summed E-state index contributed by atoms with van der Waals surface area (Å²) in [5.41, 5.74) is 0. The van der Waals surface area contributed by atoms with E-state index >= 15 is 0 Å².